The van der Waals surface area contributed by atoms with Crippen molar-refractivity contribution in [2.45, 2.75) is 63.8 Å². The lowest BCUT2D eigenvalue weighted by Crippen LogP contribution is -2.45. The predicted molar refractivity (Wildman–Crippen MR) is 82.6 cm³/mol. The van der Waals surface area contributed by atoms with Crippen molar-refractivity contribution >= 4 is 15.7 Å². The fourth-order valence-electron chi connectivity index (χ4n) is 4.46. The number of sulfone groups is 1. The molecule has 1 aliphatic heterocycles. The van der Waals surface area contributed by atoms with Crippen LogP contribution in [0.1, 0.15) is 57.8 Å². The first kappa shape index (κ1) is 15.3. The van der Waals surface area contributed by atoms with Crippen molar-refractivity contribution in [3.8, 4) is 0 Å². The first-order valence-electron chi connectivity index (χ1n) is 8.54. The minimum Gasteiger partial charge on any atom is -0.353 e. The van der Waals surface area contributed by atoms with Gasteiger partial charge in [0.05, 0.1) is 11.5 Å². The lowest BCUT2D eigenvalue weighted by molar-refractivity contribution is -0.128. The third-order valence-electron chi connectivity index (χ3n) is 5.81. The second-order valence-corrected chi connectivity index (χ2v) is 9.55. The van der Waals surface area contributed by atoms with Crippen LogP contribution in [0.15, 0.2) is 0 Å². The monoisotopic (exact) mass is 313 g/mol. The minimum absolute atomic E-state index is 0.0742. The summed E-state index contributed by atoms with van der Waals surface area (Å²) in [5, 5.41) is 3.12. The van der Waals surface area contributed by atoms with E-state index in [-0.39, 0.29) is 29.4 Å². The fraction of sp³-hybridized carbons (Fsp3) is 0.938. The maximum absolute atomic E-state index is 12.4. The quantitative estimate of drug-likeness (QED) is 0.851. The molecule has 0 aromatic rings. The van der Waals surface area contributed by atoms with Gasteiger partial charge in [0.15, 0.2) is 0 Å². The molecule has 5 heteroatoms. The van der Waals surface area contributed by atoms with Crippen LogP contribution in [0.5, 0.6) is 0 Å². The maximum Gasteiger partial charge on any atom is 0.223 e. The highest BCUT2D eigenvalue weighted by Crippen LogP contribution is 2.42. The molecule has 2 saturated carbocycles. The number of hydrogen-bond acceptors (Lipinski definition) is 3. The van der Waals surface area contributed by atoms with Gasteiger partial charge in [0.25, 0.3) is 0 Å². The highest BCUT2D eigenvalue weighted by Gasteiger charge is 2.36. The zero-order valence-electron chi connectivity index (χ0n) is 12.7. The van der Waals surface area contributed by atoms with E-state index in [1.807, 2.05) is 0 Å². The first-order chi connectivity index (χ1) is 10.0. The van der Waals surface area contributed by atoms with E-state index in [9.17, 15) is 13.2 Å². The average molecular weight is 313 g/mol. The Hall–Kier alpha value is -0.580. The molecule has 120 valence electrons. The average Bonchev–Trinajstić information content (AvgIpc) is 2.49. The summed E-state index contributed by atoms with van der Waals surface area (Å²) >= 11 is 0. The SMILES string of the molecule is O=C(NC1CCS(=O)(=O)CC1)C1CCC2CCCCC2C1. The van der Waals surface area contributed by atoms with Crippen molar-refractivity contribution in [2.24, 2.45) is 17.8 Å². The summed E-state index contributed by atoms with van der Waals surface area (Å²) in [6.45, 7) is 0. The molecular weight excluding hydrogens is 286 g/mol. The van der Waals surface area contributed by atoms with E-state index in [2.05, 4.69) is 5.32 Å². The molecule has 1 N–H and O–H groups in total. The van der Waals surface area contributed by atoms with Crippen molar-refractivity contribution in [3.05, 3.63) is 0 Å². The van der Waals surface area contributed by atoms with Crippen LogP contribution in [0.2, 0.25) is 0 Å². The Morgan fingerprint density at radius 2 is 1.52 bits per heavy atom. The molecule has 0 aromatic heterocycles. The van der Waals surface area contributed by atoms with Gasteiger partial charge < -0.3 is 5.32 Å². The Kier molecular flexibility index (Phi) is 4.57. The van der Waals surface area contributed by atoms with E-state index in [0.717, 1.165) is 24.7 Å². The summed E-state index contributed by atoms with van der Waals surface area (Å²) in [5.74, 6) is 2.43. The molecule has 3 unspecified atom stereocenters. The molecule has 3 atom stereocenters. The lowest BCUT2D eigenvalue weighted by atomic mass is 9.67. The van der Waals surface area contributed by atoms with Crippen LogP contribution in [-0.2, 0) is 14.6 Å². The molecule has 1 saturated heterocycles. The number of rotatable bonds is 2. The molecule has 4 nitrogen and oxygen atoms in total. The summed E-state index contributed by atoms with van der Waals surface area (Å²) in [6.07, 6.45) is 9.83. The first-order valence-corrected chi connectivity index (χ1v) is 10.4. The Labute approximate surface area is 128 Å². The molecule has 21 heavy (non-hydrogen) atoms. The molecular formula is C16H27NO3S. The standard InChI is InChI=1S/C16H27NO3S/c18-16(17-15-7-9-21(19,20)10-8-15)14-6-5-12-3-1-2-4-13(12)11-14/h12-15H,1-11H2,(H,17,18). The van der Waals surface area contributed by atoms with Crippen LogP contribution >= 0.6 is 0 Å². The number of carbonyl (C=O) groups is 1. The number of nitrogens with one attached hydrogen (secondary N) is 1. The smallest absolute Gasteiger partial charge is 0.223 e. The number of carbonyl (C=O) groups excluding carboxylic acids is 1. The number of amides is 1. The van der Waals surface area contributed by atoms with Gasteiger partial charge in [0.1, 0.15) is 9.84 Å². The van der Waals surface area contributed by atoms with Gasteiger partial charge >= 0.3 is 0 Å². The van der Waals surface area contributed by atoms with Gasteiger partial charge in [0.2, 0.25) is 5.91 Å². The maximum atomic E-state index is 12.4. The van der Waals surface area contributed by atoms with Crippen molar-refractivity contribution < 1.29 is 13.2 Å². The summed E-state index contributed by atoms with van der Waals surface area (Å²) in [5.41, 5.74) is 0. The van der Waals surface area contributed by atoms with Crippen molar-refractivity contribution in [1.82, 2.24) is 5.32 Å². The highest BCUT2D eigenvalue weighted by atomic mass is 32.2. The molecule has 3 aliphatic rings. The van der Waals surface area contributed by atoms with E-state index in [0.29, 0.717) is 12.8 Å². The summed E-state index contributed by atoms with van der Waals surface area (Å²) in [6, 6.07) is 0.0742. The van der Waals surface area contributed by atoms with Crippen LogP contribution < -0.4 is 5.32 Å². The van der Waals surface area contributed by atoms with Crippen LogP contribution in [0, 0.1) is 17.8 Å². The third kappa shape index (κ3) is 3.79. The molecule has 0 aromatic carbocycles. The molecule has 0 spiro atoms. The molecule has 1 heterocycles. The molecule has 1 amide bonds. The lowest BCUT2D eigenvalue weighted by Gasteiger charge is -2.39. The van der Waals surface area contributed by atoms with Gasteiger partial charge in [-0.05, 0) is 43.9 Å². The van der Waals surface area contributed by atoms with E-state index in [1.54, 1.807) is 0 Å². The zero-order valence-corrected chi connectivity index (χ0v) is 13.5. The van der Waals surface area contributed by atoms with Gasteiger partial charge in [0, 0.05) is 12.0 Å². The van der Waals surface area contributed by atoms with Crippen LogP contribution in [0.3, 0.4) is 0 Å². The Morgan fingerprint density at radius 1 is 0.857 bits per heavy atom. The molecule has 3 rings (SSSR count). The second kappa shape index (κ2) is 6.27. The second-order valence-electron chi connectivity index (χ2n) is 7.25. The van der Waals surface area contributed by atoms with Gasteiger partial charge in [-0.25, -0.2) is 8.42 Å². The van der Waals surface area contributed by atoms with Crippen molar-refractivity contribution in [3.63, 3.8) is 0 Å². The van der Waals surface area contributed by atoms with Crippen molar-refractivity contribution in [2.75, 3.05) is 11.5 Å². The largest absolute Gasteiger partial charge is 0.353 e. The predicted octanol–water partition coefficient (Wildman–Crippen LogP) is 2.29. The molecule has 0 bridgehead atoms. The van der Waals surface area contributed by atoms with Gasteiger partial charge in [-0.15, -0.1) is 0 Å². The van der Waals surface area contributed by atoms with Gasteiger partial charge in [-0.2, -0.15) is 0 Å². The minimum atomic E-state index is -2.84. The van der Waals surface area contributed by atoms with Gasteiger partial charge in [-0.1, -0.05) is 25.7 Å². The molecule has 0 radical (unpaired) electrons. The Balaban J connectivity index is 1.49. The van der Waals surface area contributed by atoms with Crippen molar-refractivity contribution in [1.29, 1.82) is 0 Å². The zero-order chi connectivity index (χ0) is 14.9. The van der Waals surface area contributed by atoms with Gasteiger partial charge in [-0.3, -0.25) is 4.79 Å². The fourth-order valence-corrected chi connectivity index (χ4v) is 5.96. The number of hydrogen-bond donors (Lipinski definition) is 1. The summed E-state index contributed by atoms with van der Waals surface area (Å²) < 4.78 is 22.9. The third-order valence-corrected chi connectivity index (χ3v) is 7.53. The van der Waals surface area contributed by atoms with E-state index in [4.69, 9.17) is 0 Å². The van der Waals surface area contributed by atoms with E-state index >= 15 is 0 Å². The van der Waals surface area contributed by atoms with Crippen LogP contribution in [0.25, 0.3) is 0 Å². The number of fused-ring (bicyclic) bond motifs is 1. The topological polar surface area (TPSA) is 63.2 Å². The van der Waals surface area contributed by atoms with E-state index in [1.165, 1.54) is 32.1 Å². The van der Waals surface area contributed by atoms with Crippen LogP contribution in [0.4, 0.5) is 0 Å². The van der Waals surface area contributed by atoms with Crippen LogP contribution in [-0.4, -0.2) is 31.9 Å². The Bertz CT molecular complexity index is 474. The normalized spacial score (nSPS) is 36.7. The molecule has 2 aliphatic carbocycles. The highest BCUT2D eigenvalue weighted by molar-refractivity contribution is 7.91. The molecule has 3 fully saturated rings. The summed E-state index contributed by atoms with van der Waals surface area (Å²) in [4.78, 5) is 12.4. The Morgan fingerprint density at radius 3 is 2.24 bits per heavy atom. The summed E-state index contributed by atoms with van der Waals surface area (Å²) in [7, 11) is -2.84. The van der Waals surface area contributed by atoms with E-state index < -0.39 is 9.84 Å².